The molecule has 0 atom stereocenters. The second-order valence-electron chi connectivity index (χ2n) is 9.19. The molecule has 0 unspecified atom stereocenters. The molecule has 144 valence electrons. The molecule has 29 heavy (non-hydrogen) atoms. The molecule has 0 aliphatic heterocycles. The summed E-state index contributed by atoms with van der Waals surface area (Å²) in [5, 5.41) is 4.73. The first kappa shape index (κ1) is 17.9. The smallest absolute Gasteiger partial charge is 0.144 e. The number of para-hydroxylation sites is 1. The third-order valence-corrected chi connectivity index (χ3v) is 5.52. The number of benzene rings is 3. The molecular weight excluding hydrogens is 354 g/mol. The van der Waals surface area contributed by atoms with E-state index in [9.17, 15) is 0 Å². The van der Waals surface area contributed by atoms with Gasteiger partial charge in [-0.3, -0.25) is 4.98 Å². The van der Waals surface area contributed by atoms with E-state index in [1.54, 1.807) is 0 Å². The molecular formula is C27H25NO. The molecule has 2 aromatic heterocycles. The van der Waals surface area contributed by atoms with Crippen LogP contribution in [0.5, 0.6) is 0 Å². The summed E-state index contributed by atoms with van der Waals surface area (Å²) >= 11 is 0. The van der Waals surface area contributed by atoms with E-state index in [-0.39, 0.29) is 5.41 Å². The Morgan fingerprint density at radius 2 is 1.66 bits per heavy atom. The van der Waals surface area contributed by atoms with Crippen LogP contribution in [0.1, 0.15) is 31.9 Å². The fourth-order valence-electron chi connectivity index (χ4n) is 4.38. The average Bonchev–Trinajstić information content (AvgIpc) is 3.07. The second-order valence-corrected chi connectivity index (χ2v) is 9.19. The number of aryl methyl sites for hydroxylation is 1. The van der Waals surface area contributed by atoms with Gasteiger partial charge in [0.1, 0.15) is 11.2 Å². The minimum absolute atomic E-state index is 0.236. The molecule has 5 aromatic rings. The maximum absolute atomic E-state index is 6.53. The Kier molecular flexibility index (Phi) is 3.99. The third kappa shape index (κ3) is 3.09. The number of rotatable bonds is 2. The zero-order chi connectivity index (χ0) is 20.2. The van der Waals surface area contributed by atoms with Crippen LogP contribution in [0, 0.1) is 12.3 Å². The van der Waals surface area contributed by atoms with E-state index in [0.717, 1.165) is 39.6 Å². The molecule has 2 heteroatoms. The first-order valence-electron chi connectivity index (χ1n) is 10.2. The van der Waals surface area contributed by atoms with Crippen molar-refractivity contribution in [2.75, 3.05) is 0 Å². The van der Waals surface area contributed by atoms with Crippen molar-refractivity contribution >= 4 is 32.7 Å². The van der Waals surface area contributed by atoms with Crippen molar-refractivity contribution in [2.24, 2.45) is 5.41 Å². The maximum Gasteiger partial charge on any atom is 0.144 e. The van der Waals surface area contributed by atoms with Crippen LogP contribution >= 0.6 is 0 Å². The Balaban J connectivity index is 1.78. The highest BCUT2D eigenvalue weighted by molar-refractivity contribution is 6.18. The first-order chi connectivity index (χ1) is 13.9. The molecule has 0 N–H and O–H groups in total. The molecule has 2 heterocycles. The summed E-state index contributed by atoms with van der Waals surface area (Å²) in [6, 6.07) is 21.4. The normalized spacial score (nSPS) is 12.3. The average molecular weight is 380 g/mol. The number of fused-ring (bicyclic) bond motifs is 5. The molecule has 3 aromatic carbocycles. The number of pyridine rings is 1. The topological polar surface area (TPSA) is 26.0 Å². The second kappa shape index (κ2) is 6.45. The summed E-state index contributed by atoms with van der Waals surface area (Å²) in [7, 11) is 0. The van der Waals surface area contributed by atoms with Crippen LogP contribution in [0.3, 0.4) is 0 Å². The van der Waals surface area contributed by atoms with Crippen molar-refractivity contribution in [3.8, 4) is 11.3 Å². The van der Waals surface area contributed by atoms with Crippen molar-refractivity contribution < 1.29 is 4.42 Å². The molecule has 0 fully saturated rings. The van der Waals surface area contributed by atoms with Crippen molar-refractivity contribution in [2.45, 2.75) is 34.1 Å². The largest absolute Gasteiger partial charge is 0.455 e. The van der Waals surface area contributed by atoms with Gasteiger partial charge in [-0.25, -0.2) is 0 Å². The Labute approximate surface area is 171 Å². The minimum Gasteiger partial charge on any atom is -0.455 e. The van der Waals surface area contributed by atoms with E-state index in [2.05, 4.69) is 93.3 Å². The number of furan rings is 1. The van der Waals surface area contributed by atoms with Crippen molar-refractivity contribution in [1.29, 1.82) is 0 Å². The summed E-state index contributed by atoms with van der Waals surface area (Å²) in [6.07, 6.45) is 2.93. The highest BCUT2D eigenvalue weighted by Crippen LogP contribution is 2.40. The van der Waals surface area contributed by atoms with Gasteiger partial charge in [-0.05, 0) is 53.5 Å². The fourth-order valence-corrected chi connectivity index (χ4v) is 4.38. The number of aromatic nitrogens is 1. The van der Waals surface area contributed by atoms with Crippen molar-refractivity contribution in [3.63, 3.8) is 0 Å². The predicted octanol–water partition coefficient (Wildman–Crippen LogP) is 7.70. The lowest BCUT2D eigenvalue weighted by Gasteiger charge is -2.18. The van der Waals surface area contributed by atoms with Gasteiger partial charge in [0.15, 0.2) is 0 Å². The molecule has 2 nitrogen and oxygen atoms in total. The molecule has 0 radical (unpaired) electrons. The molecule has 0 spiro atoms. The van der Waals surface area contributed by atoms with E-state index in [1.807, 2.05) is 6.20 Å². The van der Waals surface area contributed by atoms with Crippen LogP contribution in [-0.4, -0.2) is 4.98 Å². The lowest BCUT2D eigenvalue weighted by Crippen LogP contribution is -2.09. The van der Waals surface area contributed by atoms with Crippen LogP contribution in [0.25, 0.3) is 44.0 Å². The fraction of sp³-hybridized carbons (Fsp3) is 0.222. The van der Waals surface area contributed by atoms with Gasteiger partial charge in [-0.15, -0.1) is 0 Å². The summed E-state index contributed by atoms with van der Waals surface area (Å²) in [5.41, 5.74) is 6.69. The van der Waals surface area contributed by atoms with E-state index in [0.29, 0.717) is 0 Å². The zero-order valence-electron chi connectivity index (χ0n) is 17.4. The SMILES string of the molecule is Cc1cc2ccccc2c2oc3c(-c4cc(CC(C)(C)C)ccn4)cccc3c12. The number of hydrogen-bond donors (Lipinski definition) is 0. The van der Waals surface area contributed by atoms with E-state index in [1.165, 1.54) is 21.9 Å². The Morgan fingerprint density at radius 1 is 0.862 bits per heavy atom. The van der Waals surface area contributed by atoms with Crippen LogP contribution < -0.4 is 0 Å². The van der Waals surface area contributed by atoms with Crippen LogP contribution in [0.15, 0.2) is 71.3 Å². The van der Waals surface area contributed by atoms with Gasteiger partial charge >= 0.3 is 0 Å². The molecule has 5 rings (SSSR count). The van der Waals surface area contributed by atoms with Gasteiger partial charge in [0.2, 0.25) is 0 Å². The van der Waals surface area contributed by atoms with Crippen molar-refractivity contribution in [3.05, 3.63) is 78.0 Å². The first-order valence-corrected chi connectivity index (χ1v) is 10.2. The lowest BCUT2D eigenvalue weighted by molar-refractivity contribution is 0.411. The number of hydrogen-bond acceptors (Lipinski definition) is 2. The van der Waals surface area contributed by atoms with E-state index >= 15 is 0 Å². The van der Waals surface area contributed by atoms with Crippen LogP contribution in [0.2, 0.25) is 0 Å². The van der Waals surface area contributed by atoms with Gasteiger partial charge in [0.25, 0.3) is 0 Å². The number of nitrogens with zero attached hydrogens (tertiary/aromatic N) is 1. The summed E-state index contributed by atoms with van der Waals surface area (Å²) < 4.78 is 6.53. The van der Waals surface area contributed by atoms with Gasteiger partial charge in [-0.2, -0.15) is 0 Å². The molecule has 0 aliphatic carbocycles. The zero-order valence-corrected chi connectivity index (χ0v) is 17.4. The third-order valence-electron chi connectivity index (χ3n) is 5.52. The Morgan fingerprint density at radius 3 is 2.48 bits per heavy atom. The molecule has 0 saturated heterocycles. The molecule has 0 saturated carbocycles. The van der Waals surface area contributed by atoms with Gasteiger partial charge in [0, 0.05) is 27.9 Å². The van der Waals surface area contributed by atoms with Gasteiger partial charge in [-0.1, -0.05) is 63.2 Å². The van der Waals surface area contributed by atoms with E-state index < -0.39 is 0 Å². The van der Waals surface area contributed by atoms with E-state index in [4.69, 9.17) is 4.42 Å². The maximum atomic E-state index is 6.53. The quantitative estimate of drug-likeness (QED) is 0.314. The monoisotopic (exact) mass is 379 g/mol. The molecule has 0 amide bonds. The lowest BCUT2D eigenvalue weighted by atomic mass is 9.88. The summed E-state index contributed by atoms with van der Waals surface area (Å²) in [4.78, 5) is 4.68. The molecule has 0 bridgehead atoms. The van der Waals surface area contributed by atoms with Gasteiger partial charge in [0.05, 0.1) is 5.69 Å². The highest BCUT2D eigenvalue weighted by Gasteiger charge is 2.17. The van der Waals surface area contributed by atoms with Gasteiger partial charge < -0.3 is 4.42 Å². The summed E-state index contributed by atoms with van der Waals surface area (Å²) in [5.74, 6) is 0. The molecule has 0 aliphatic rings. The Hall–Kier alpha value is -3.13. The standard InChI is InChI=1S/C27H25NO/c1-17-14-19-8-5-6-9-20(19)26-24(17)22-11-7-10-21(25(22)29-26)23-15-18(12-13-28-23)16-27(2,3)4/h5-15H,16H2,1-4H3. The Bertz CT molecular complexity index is 1370. The summed E-state index contributed by atoms with van der Waals surface area (Å²) in [6.45, 7) is 8.96. The predicted molar refractivity (Wildman–Crippen MR) is 122 cm³/mol. The van der Waals surface area contributed by atoms with Crippen LogP contribution in [0.4, 0.5) is 0 Å². The highest BCUT2D eigenvalue weighted by atomic mass is 16.3. The minimum atomic E-state index is 0.236. The van der Waals surface area contributed by atoms with Crippen molar-refractivity contribution in [1.82, 2.24) is 4.98 Å². The van der Waals surface area contributed by atoms with Crippen LogP contribution in [-0.2, 0) is 6.42 Å².